The van der Waals surface area contributed by atoms with Crippen molar-refractivity contribution in [3.8, 4) is 5.75 Å². The van der Waals surface area contributed by atoms with Crippen LogP contribution in [0, 0.1) is 5.82 Å². The van der Waals surface area contributed by atoms with Crippen LogP contribution in [-0.2, 0) is 0 Å². The largest absolute Gasteiger partial charge is 0.494 e. The number of benzene rings is 1. The number of rotatable bonds is 6. The van der Waals surface area contributed by atoms with Crippen molar-refractivity contribution in [3.63, 3.8) is 0 Å². The molecular weight excluding hydrogens is 231 g/mol. The van der Waals surface area contributed by atoms with E-state index in [1.165, 1.54) is 26.0 Å². The lowest BCUT2D eigenvalue weighted by Gasteiger charge is -2.26. The molecule has 1 aromatic carbocycles. The number of unbranched alkanes of at least 4 members (excludes halogenated alkanes) is 1. The van der Waals surface area contributed by atoms with Crippen LogP contribution in [-0.4, -0.2) is 19.7 Å². The second-order valence-corrected chi connectivity index (χ2v) is 4.82. The van der Waals surface area contributed by atoms with Crippen LogP contribution in [0.2, 0.25) is 0 Å². The van der Waals surface area contributed by atoms with Crippen molar-refractivity contribution in [1.29, 1.82) is 0 Å². The summed E-state index contributed by atoms with van der Waals surface area (Å²) < 4.78 is 18.6. The molecule has 18 heavy (non-hydrogen) atoms. The molecule has 0 bridgehead atoms. The Bertz CT molecular complexity index is 419. The molecule has 0 aromatic heterocycles. The Balaban J connectivity index is 2.28. The number of nitrogens with zero attached hydrogens (tertiary/aromatic N) is 1. The maximum absolute atomic E-state index is 13.5. The highest BCUT2D eigenvalue weighted by Gasteiger charge is 2.30. The van der Waals surface area contributed by atoms with Crippen LogP contribution in [0.25, 0.3) is 0 Å². The summed E-state index contributed by atoms with van der Waals surface area (Å²) in [6.07, 6.45) is 4.66. The predicted octanol–water partition coefficient (Wildman–Crippen LogP) is 3.19. The molecule has 1 aromatic rings. The van der Waals surface area contributed by atoms with Crippen molar-refractivity contribution in [1.82, 2.24) is 0 Å². The summed E-state index contributed by atoms with van der Waals surface area (Å²) in [7, 11) is 1.48. The summed E-state index contributed by atoms with van der Waals surface area (Å²) in [4.78, 5) is 2.29. The van der Waals surface area contributed by atoms with Gasteiger partial charge in [0.25, 0.3) is 0 Å². The SMILES string of the molecule is CCCCN(c1cc(OC)c(F)cc1N)C1CC1. The minimum Gasteiger partial charge on any atom is -0.494 e. The van der Waals surface area contributed by atoms with Crippen LogP contribution < -0.4 is 15.4 Å². The van der Waals surface area contributed by atoms with Crippen LogP contribution >= 0.6 is 0 Å². The zero-order chi connectivity index (χ0) is 13.1. The maximum Gasteiger partial charge on any atom is 0.167 e. The van der Waals surface area contributed by atoms with Crippen LogP contribution in [0.4, 0.5) is 15.8 Å². The number of nitrogens with two attached hydrogens (primary N) is 1. The third kappa shape index (κ3) is 2.68. The van der Waals surface area contributed by atoms with E-state index >= 15 is 0 Å². The number of nitrogen functional groups attached to an aromatic ring is 1. The summed E-state index contributed by atoms with van der Waals surface area (Å²) in [6.45, 7) is 3.14. The fraction of sp³-hybridized carbons (Fsp3) is 0.571. The highest BCUT2D eigenvalue weighted by atomic mass is 19.1. The lowest BCUT2D eigenvalue weighted by molar-refractivity contribution is 0.386. The molecule has 0 heterocycles. The van der Waals surface area contributed by atoms with Gasteiger partial charge in [0.2, 0.25) is 0 Å². The first-order chi connectivity index (χ1) is 8.67. The number of anilines is 2. The van der Waals surface area contributed by atoms with Gasteiger partial charge in [0, 0.05) is 24.7 Å². The molecule has 1 saturated carbocycles. The Labute approximate surface area is 108 Å². The molecule has 2 N–H and O–H groups in total. The molecule has 0 radical (unpaired) electrons. The number of hydrogen-bond acceptors (Lipinski definition) is 3. The van der Waals surface area contributed by atoms with Gasteiger partial charge in [-0.05, 0) is 19.3 Å². The van der Waals surface area contributed by atoms with Gasteiger partial charge in [0.15, 0.2) is 11.6 Å². The molecule has 0 amide bonds. The van der Waals surface area contributed by atoms with E-state index in [9.17, 15) is 4.39 Å². The molecule has 1 fully saturated rings. The molecule has 0 saturated heterocycles. The summed E-state index contributed by atoms with van der Waals surface area (Å²) in [5.74, 6) is -0.133. The topological polar surface area (TPSA) is 38.5 Å². The Kier molecular flexibility index (Phi) is 3.94. The molecule has 3 nitrogen and oxygen atoms in total. The minimum absolute atomic E-state index is 0.265. The number of halogens is 1. The highest BCUT2D eigenvalue weighted by molar-refractivity contribution is 5.70. The van der Waals surface area contributed by atoms with E-state index in [4.69, 9.17) is 10.5 Å². The Morgan fingerprint density at radius 1 is 1.44 bits per heavy atom. The van der Waals surface area contributed by atoms with Gasteiger partial charge >= 0.3 is 0 Å². The van der Waals surface area contributed by atoms with E-state index in [1.54, 1.807) is 6.07 Å². The summed E-state index contributed by atoms with van der Waals surface area (Å²) >= 11 is 0. The van der Waals surface area contributed by atoms with E-state index in [-0.39, 0.29) is 5.75 Å². The van der Waals surface area contributed by atoms with Crippen molar-refractivity contribution in [2.75, 3.05) is 24.3 Å². The first kappa shape index (κ1) is 13.0. The second kappa shape index (κ2) is 5.46. The molecular formula is C14H21FN2O. The zero-order valence-electron chi connectivity index (χ0n) is 11.1. The lowest BCUT2D eigenvalue weighted by atomic mass is 10.2. The van der Waals surface area contributed by atoms with Gasteiger partial charge in [-0.15, -0.1) is 0 Å². The Hall–Kier alpha value is -1.45. The summed E-state index contributed by atoms with van der Waals surface area (Å²) in [6, 6.07) is 3.64. The van der Waals surface area contributed by atoms with Gasteiger partial charge in [0.1, 0.15) is 0 Å². The maximum atomic E-state index is 13.5. The van der Waals surface area contributed by atoms with Gasteiger partial charge in [0.05, 0.1) is 18.5 Å². The predicted molar refractivity (Wildman–Crippen MR) is 72.6 cm³/mol. The van der Waals surface area contributed by atoms with Crippen LogP contribution in [0.15, 0.2) is 12.1 Å². The van der Waals surface area contributed by atoms with Crippen LogP contribution in [0.1, 0.15) is 32.6 Å². The van der Waals surface area contributed by atoms with Gasteiger partial charge < -0.3 is 15.4 Å². The summed E-state index contributed by atoms with van der Waals surface area (Å²) in [5.41, 5.74) is 7.35. The minimum atomic E-state index is -0.398. The summed E-state index contributed by atoms with van der Waals surface area (Å²) in [5, 5.41) is 0. The molecule has 0 atom stereocenters. The molecule has 0 spiro atoms. The monoisotopic (exact) mass is 252 g/mol. The molecule has 0 unspecified atom stereocenters. The van der Waals surface area contributed by atoms with Crippen molar-refractivity contribution < 1.29 is 9.13 Å². The standard InChI is InChI=1S/C14H21FN2O/c1-3-4-7-17(10-5-6-10)13-9-14(18-2)11(15)8-12(13)16/h8-10H,3-7,16H2,1-2H3. The smallest absolute Gasteiger partial charge is 0.167 e. The average Bonchev–Trinajstić information content (AvgIpc) is 3.16. The van der Waals surface area contributed by atoms with E-state index < -0.39 is 5.82 Å². The number of methoxy groups -OCH3 is 1. The van der Waals surface area contributed by atoms with Crippen molar-refractivity contribution >= 4 is 11.4 Å². The van der Waals surface area contributed by atoms with Gasteiger partial charge in [-0.3, -0.25) is 0 Å². The molecule has 0 aliphatic heterocycles. The third-order valence-electron chi connectivity index (χ3n) is 3.35. The quantitative estimate of drug-likeness (QED) is 0.790. The Morgan fingerprint density at radius 3 is 2.72 bits per heavy atom. The number of hydrogen-bond donors (Lipinski definition) is 1. The first-order valence-electron chi connectivity index (χ1n) is 6.57. The van der Waals surface area contributed by atoms with E-state index in [1.807, 2.05) is 0 Å². The van der Waals surface area contributed by atoms with E-state index in [0.29, 0.717) is 11.7 Å². The molecule has 2 rings (SSSR count). The highest BCUT2D eigenvalue weighted by Crippen LogP contribution is 2.38. The molecule has 1 aliphatic rings. The molecule has 100 valence electrons. The van der Waals surface area contributed by atoms with Crippen molar-refractivity contribution in [2.24, 2.45) is 0 Å². The zero-order valence-corrected chi connectivity index (χ0v) is 11.1. The number of ether oxygens (including phenoxy) is 1. The first-order valence-corrected chi connectivity index (χ1v) is 6.57. The fourth-order valence-electron chi connectivity index (χ4n) is 2.18. The van der Waals surface area contributed by atoms with Crippen LogP contribution in [0.5, 0.6) is 5.75 Å². The van der Waals surface area contributed by atoms with Crippen molar-refractivity contribution in [3.05, 3.63) is 17.9 Å². The second-order valence-electron chi connectivity index (χ2n) is 4.82. The molecule has 1 aliphatic carbocycles. The molecule has 4 heteroatoms. The fourth-order valence-corrected chi connectivity index (χ4v) is 2.18. The van der Waals surface area contributed by atoms with Gasteiger partial charge in [-0.25, -0.2) is 4.39 Å². The lowest BCUT2D eigenvalue weighted by Crippen LogP contribution is -2.27. The van der Waals surface area contributed by atoms with E-state index in [2.05, 4.69) is 11.8 Å². The van der Waals surface area contributed by atoms with Crippen LogP contribution in [0.3, 0.4) is 0 Å². The van der Waals surface area contributed by atoms with E-state index in [0.717, 1.165) is 25.1 Å². The van der Waals surface area contributed by atoms with Crippen molar-refractivity contribution in [2.45, 2.75) is 38.6 Å². The van der Waals surface area contributed by atoms with Gasteiger partial charge in [-0.1, -0.05) is 13.3 Å². The van der Waals surface area contributed by atoms with Gasteiger partial charge in [-0.2, -0.15) is 0 Å². The Morgan fingerprint density at radius 2 is 2.17 bits per heavy atom. The normalized spacial score (nSPS) is 14.6. The third-order valence-corrected chi connectivity index (χ3v) is 3.35. The average molecular weight is 252 g/mol.